The van der Waals surface area contributed by atoms with Gasteiger partial charge in [0, 0.05) is 25.2 Å². The summed E-state index contributed by atoms with van der Waals surface area (Å²) in [4.78, 5) is 19.1. The summed E-state index contributed by atoms with van der Waals surface area (Å²) < 4.78 is 7.39. The molecule has 0 aliphatic carbocycles. The van der Waals surface area contributed by atoms with E-state index in [9.17, 15) is 4.79 Å². The summed E-state index contributed by atoms with van der Waals surface area (Å²) >= 11 is 1.44. The van der Waals surface area contributed by atoms with Gasteiger partial charge in [-0.15, -0.1) is 10.2 Å². The third-order valence-corrected chi connectivity index (χ3v) is 6.36. The number of piperidine rings is 1. The van der Waals surface area contributed by atoms with Gasteiger partial charge in [0.1, 0.15) is 0 Å². The molecule has 158 valence electrons. The molecule has 1 unspecified atom stereocenters. The summed E-state index contributed by atoms with van der Waals surface area (Å²) in [5.41, 5.74) is 2.22. The SMILES string of the molecule is CCn1c(SCC(=O)N2CCCC(c3nc(C)no3)C2)nnc1-c1ccccc1C. The van der Waals surface area contributed by atoms with E-state index in [-0.39, 0.29) is 11.8 Å². The number of carbonyl (C=O) groups excluding carboxylic acids is 1. The number of carbonyl (C=O) groups is 1. The summed E-state index contributed by atoms with van der Waals surface area (Å²) in [5.74, 6) is 2.65. The molecule has 1 saturated heterocycles. The minimum atomic E-state index is 0.101. The number of thioether (sulfide) groups is 1. The first kappa shape index (κ1) is 20.6. The van der Waals surface area contributed by atoms with Gasteiger partial charge in [0.15, 0.2) is 16.8 Å². The molecular weight excluding hydrogens is 400 g/mol. The van der Waals surface area contributed by atoms with E-state index in [2.05, 4.69) is 50.9 Å². The molecule has 0 saturated carbocycles. The molecule has 8 nitrogen and oxygen atoms in total. The van der Waals surface area contributed by atoms with Crippen molar-refractivity contribution in [3.63, 3.8) is 0 Å². The molecule has 0 bridgehead atoms. The van der Waals surface area contributed by atoms with Crippen LogP contribution < -0.4 is 0 Å². The van der Waals surface area contributed by atoms with E-state index < -0.39 is 0 Å². The Bertz CT molecular complexity index is 1030. The van der Waals surface area contributed by atoms with Crippen molar-refractivity contribution >= 4 is 17.7 Å². The lowest BCUT2D eigenvalue weighted by Crippen LogP contribution is -2.40. The van der Waals surface area contributed by atoms with Crippen LogP contribution in [0.1, 0.15) is 43.0 Å². The molecule has 1 aliphatic heterocycles. The van der Waals surface area contributed by atoms with Crippen LogP contribution >= 0.6 is 11.8 Å². The van der Waals surface area contributed by atoms with E-state index in [1.54, 1.807) is 0 Å². The van der Waals surface area contributed by atoms with Crippen LogP contribution in [0.2, 0.25) is 0 Å². The number of hydrogen-bond acceptors (Lipinski definition) is 7. The standard InChI is InChI=1S/C21H26N6O2S/c1-4-27-19(17-10-6-5-8-14(17)2)23-24-21(27)30-13-18(28)26-11-7-9-16(12-26)20-22-15(3)25-29-20/h5-6,8,10,16H,4,7,9,11-13H2,1-3H3. The van der Waals surface area contributed by atoms with Crippen LogP contribution in [0.4, 0.5) is 0 Å². The molecule has 4 rings (SSSR count). The summed E-state index contributed by atoms with van der Waals surface area (Å²) in [6, 6.07) is 8.14. The van der Waals surface area contributed by atoms with E-state index in [4.69, 9.17) is 4.52 Å². The zero-order chi connectivity index (χ0) is 21.1. The fourth-order valence-corrected chi connectivity index (χ4v) is 4.71. The summed E-state index contributed by atoms with van der Waals surface area (Å²) in [6.07, 6.45) is 1.90. The molecule has 1 aromatic carbocycles. The van der Waals surface area contributed by atoms with E-state index in [1.165, 1.54) is 11.8 Å². The van der Waals surface area contributed by atoms with Crippen molar-refractivity contribution in [3.8, 4) is 11.4 Å². The van der Waals surface area contributed by atoms with Crippen LogP contribution in [0, 0.1) is 13.8 Å². The summed E-state index contributed by atoms with van der Waals surface area (Å²) in [6.45, 7) is 8.07. The third-order valence-electron chi connectivity index (χ3n) is 5.41. The van der Waals surface area contributed by atoms with Gasteiger partial charge in [-0.3, -0.25) is 4.79 Å². The van der Waals surface area contributed by atoms with Crippen LogP contribution in [0.25, 0.3) is 11.4 Å². The van der Waals surface area contributed by atoms with Gasteiger partial charge in [-0.1, -0.05) is 41.2 Å². The van der Waals surface area contributed by atoms with E-state index >= 15 is 0 Å². The third kappa shape index (κ3) is 4.26. The van der Waals surface area contributed by atoms with Gasteiger partial charge in [-0.05, 0) is 39.2 Å². The highest BCUT2D eigenvalue weighted by Crippen LogP contribution is 2.28. The highest BCUT2D eigenvalue weighted by molar-refractivity contribution is 7.99. The van der Waals surface area contributed by atoms with Gasteiger partial charge in [0.2, 0.25) is 11.8 Å². The predicted molar refractivity (Wildman–Crippen MR) is 114 cm³/mol. The highest BCUT2D eigenvalue weighted by atomic mass is 32.2. The van der Waals surface area contributed by atoms with E-state index in [0.717, 1.165) is 48.0 Å². The Morgan fingerprint density at radius 2 is 2.10 bits per heavy atom. The molecule has 1 amide bonds. The van der Waals surface area contributed by atoms with Crippen LogP contribution in [-0.2, 0) is 11.3 Å². The Labute approximate surface area is 180 Å². The fraction of sp³-hybridized carbons (Fsp3) is 0.476. The topological polar surface area (TPSA) is 89.9 Å². The zero-order valence-electron chi connectivity index (χ0n) is 17.5. The number of benzene rings is 1. The molecule has 2 aromatic heterocycles. The Morgan fingerprint density at radius 1 is 1.27 bits per heavy atom. The first-order valence-electron chi connectivity index (χ1n) is 10.3. The Morgan fingerprint density at radius 3 is 2.83 bits per heavy atom. The number of rotatable bonds is 6. The molecule has 1 atom stereocenters. The maximum atomic E-state index is 12.9. The monoisotopic (exact) mass is 426 g/mol. The lowest BCUT2D eigenvalue weighted by Gasteiger charge is -2.30. The molecule has 30 heavy (non-hydrogen) atoms. The quantitative estimate of drug-likeness (QED) is 0.558. The van der Waals surface area contributed by atoms with Crippen LogP contribution in [0.15, 0.2) is 33.9 Å². The minimum Gasteiger partial charge on any atom is -0.341 e. The second kappa shape index (κ2) is 8.99. The normalized spacial score (nSPS) is 16.8. The molecule has 3 heterocycles. The number of aromatic nitrogens is 5. The molecule has 3 aromatic rings. The Balaban J connectivity index is 1.42. The van der Waals surface area contributed by atoms with Gasteiger partial charge >= 0.3 is 0 Å². The number of nitrogens with zero attached hydrogens (tertiary/aromatic N) is 6. The van der Waals surface area contributed by atoms with Gasteiger partial charge in [0.05, 0.1) is 11.7 Å². The van der Waals surface area contributed by atoms with Crippen molar-refractivity contribution in [2.75, 3.05) is 18.8 Å². The average molecular weight is 427 g/mol. The van der Waals surface area contributed by atoms with Crippen molar-refractivity contribution in [2.45, 2.75) is 51.2 Å². The number of amides is 1. The molecule has 1 aliphatic rings. The molecule has 1 fully saturated rings. The van der Waals surface area contributed by atoms with E-state index in [1.807, 2.05) is 24.0 Å². The average Bonchev–Trinajstić information content (AvgIpc) is 3.38. The van der Waals surface area contributed by atoms with Crippen LogP contribution in [-0.4, -0.2) is 54.6 Å². The lowest BCUT2D eigenvalue weighted by atomic mass is 9.98. The van der Waals surface area contributed by atoms with E-state index in [0.29, 0.717) is 24.0 Å². The predicted octanol–water partition coefficient (Wildman–Crippen LogP) is 3.46. The second-order valence-corrected chi connectivity index (χ2v) is 8.46. The van der Waals surface area contributed by atoms with Crippen LogP contribution in [0.3, 0.4) is 0 Å². The Kier molecular flexibility index (Phi) is 6.17. The molecule has 0 radical (unpaired) electrons. The van der Waals surface area contributed by atoms with Crippen molar-refractivity contribution in [3.05, 3.63) is 41.5 Å². The van der Waals surface area contributed by atoms with Gasteiger partial charge in [-0.25, -0.2) is 0 Å². The summed E-state index contributed by atoms with van der Waals surface area (Å²) in [7, 11) is 0. The lowest BCUT2D eigenvalue weighted by molar-refractivity contribution is -0.129. The molecule has 0 spiro atoms. The molecular formula is C21H26N6O2S. The highest BCUT2D eigenvalue weighted by Gasteiger charge is 2.28. The van der Waals surface area contributed by atoms with Crippen molar-refractivity contribution < 1.29 is 9.32 Å². The minimum absolute atomic E-state index is 0.101. The second-order valence-electron chi connectivity index (χ2n) is 7.51. The van der Waals surface area contributed by atoms with Crippen molar-refractivity contribution in [1.29, 1.82) is 0 Å². The zero-order valence-corrected chi connectivity index (χ0v) is 18.4. The smallest absolute Gasteiger partial charge is 0.233 e. The number of aryl methyl sites for hydroxylation is 2. The summed E-state index contributed by atoms with van der Waals surface area (Å²) in [5, 5.41) is 13.4. The fourth-order valence-electron chi connectivity index (χ4n) is 3.81. The maximum absolute atomic E-state index is 12.9. The number of hydrogen-bond donors (Lipinski definition) is 0. The van der Waals surface area contributed by atoms with Gasteiger partial charge in [0.25, 0.3) is 0 Å². The first-order valence-corrected chi connectivity index (χ1v) is 11.2. The first-order chi connectivity index (χ1) is 14.6. The molecule has 0 N–H and O–H groups in total. The molecule has 9 heteroatoms. The van der Waals surface area contributed by atoms with Gasteiger partial charge < -0.3 is 14.0 Å². The van der Waals surface area contributed by atoms with Crippen molar-refractivity contribution in [2.24, 2.45) is 0 Å². The number of likely N-dealkylation sites (tertiary alicyclic amines) is 1. The maximum Gasteiger partial charge on any atom is 0.233 e. The Hall–Kier alpha value is -2.68. The van der Waals surface area contributed by atoms with Gasteiger partial charge in [-0.2, -0.15) is 4.98 Å². The van der Waals surface area contributed by atoms with Crippen LogP contribution in [0.5, 0.6) is 0 Å². The van der Waals surface area contributed by atoms with Crippen molar-refractivity contribution in [1.82, 2.24) is 29.8 Å². The largest absolute Gasteiger partial charge is 0.341 e.